The van der Waals surface area contributed by atoms with Gasteiger partial charge in [-0.2, -0.15) is 21.6 Å². The number of benzene rings is 2. The molecular weight excluding hydrogens is 373 g/mol. The van der Waals surface area contributed by atoms with Gasteiger partial charge < -0.3 is 4.18 Å². The van der Waals surface area contributed by atoms with Crippen molar-refractivity contribution < 1.29 is 25.8 Å². The maximum atomic E-state index is 12.4. The van der Waals surface area contributed by atoms with Crippen molar-refractivity contribution >= 4 is 26.0 Å². The Kier molecular flexibility index (Phi) is 4.29. The van der Waals surface area contributed by atoms with Crippen molar-refractivity contribution in [2.24, 2.45) is 0 Å². The summed E-state index contributed by atoms with van der Waals surface area (Å²) < 4.78 is 66.6. The van der Waals surface area contributed by atoms with E-state index in [0.717, 1.165) is 12.1 Å². The molecule has 2 rings (SSSR count). The Balaban J connectivity index is 2.30. The van der Waals surface area contributed by atoms with E-state index in [1.807, 2.05) is 0 Å². The van der Waals surface area contributed by atoms with Crippen LogP contribution < -0.4 is 4.18 Å². The van der Waals surface area contributed by atoms with Crippen molar-refractivity contribution in [2.45, 2.75) is 11.1 Å². The van der Waals surface area contributed by atoms with E-state index in [2.05, 4.69) is 15.9 Å². The van der Waals surface area contributed by atoms with Crippen LogP contribution >= 0.6 is 15.9 Å². The van der Waals surface area contributed by atoms with Crippen molar-refractivity contribution in [3.05, 3.63) is 58.6 Å². The van der Waals surface area contributed by atoms with Crippen LogP contribution in [0.2, 0.25) is 0 Å². The Morgan fingerprint density at radius 2 is 1.52 bits per heavy atom. The molecule has 0 radical (unpaired) electrons. The zero-order chi connectivity index (χ0) is 15.7. The van der Waals surface area contributed by atoms with E-state index in [1.54, 1.807) is 18.2 Å². The molecule has 0 atom stereocenters. The lowest BCUT2D eigenvalue weighted by Gasteiger charge is -2.10. The Morgan fingerprint density at radius 3 is 2.05 bits per heavy atom. The minimum absolute atomic E-state index is 0.0531. The molecule has 0 fully saturated rings. The van der Waals surface area contributed by atoms with E-state index < -0.39 is 21.9 Å². The molecule has 2 aromatic carbocycles. The maximum absolute atomic E-state index is 12.4. The van der Waals surface area contributed by atoms with Gasteiger partial charge in [-0.05, 0) is 52.3 Å². The standard InChI is InChI=1S/C13H8BrF3O3S/c14-11-3-1-2-4-12(11)20-21(18,19)10-7-5-9(6-8-10)13(15,16)17/h1-8H. The summed E-state index contributed by atoms with van der Waals surface area (Å²) in [5, 5.41) is 0. The zero-order valence-electron chi connectivity index (χ0n) is 10.3. The molecule has 21 heavy (non-hydrogen) atoms. The highest BCUT2D eigenvalue weighted by atomic mass is 79.9. The van der Waals surface area contributed by atoms with Crippen molar-refractivity contribution in [1.29, 1.82) is 0 Å². The number of para-hydroxylation sites is 1. The van der Waals surface area contributed by atoms with Crippen LogP contribution in [0.1, 0.15) is 5.56 Å². The van der Waals surface area contributed by atoms with Crippen molar-refractivity contribution in [2.75, 3.05) is 0 Å². The topological polar surface area (TPSA) is 43.4 Å². The number of rotatable bonds is 3. The molecule has 0 saturated heterocycles. The molecule has 0 aliphatic rings. The number of halogens is 4. The molecule has 2 aromatic rings. The molecule has 0 bridgehead atoms. The van der Waals surface area contributed by atoms with Gasteiger partial charge in [0.1, 0.15) is 4.90 Å². The fourth-order valence-electron chi connectivity index (χ4n) is 1.49. The molecule has 0 saturated carbocycles. The quantitative estimate of drug-likeness (QED) is 0.748. The van der Waals surface area contributed by atoms with Gasteiger partial charge in [0.2, 0.25) is 0 Å². The van der Waals surface area contributed by atoms with Crippen LogP contribution in [-0.2, 0) is 16.3 Å². The number of hydrogen-bond donors (Lipinski definition) is 0. The summed E-state index contributed by atoms with van der Waals surface area (Å²) in [5.74, 6) is 0.0531. The van der Waals surface area contributed by atoms with Gasteiger partial charge in [-0.25, -0.2) is 0 Å². The van der Waals surface area contributed by atoms with E-state index in [4.69, 9.17) is 4.18 Å². The minimum atomic E-state index is -4.52. The molecule has 3 nitrogen and oxygen atoms in total. The van der Waals surface area contributed by atoms with Gasteiger partial charge in [-0.15, -0.1) is 0 Å². The van der Waals surface area contributed by atoms with E-state index >= 15 is 0 Å². The smallest absolute Gasteiger partial charge is 0.378 e. The minimum Gasteiger partial charge on any atom is -0.378 e. The van der Waals surface area contributed by atoms with E-state index in [-0.39, 0.29) is 10.6 Å². The predicted octanol–water partition coefficient (Wildman–Crippen LogP) is 4.24. The van der Waals surface area contributed by atoms with Gasteiger partial charge in [-0.1, -0.05) is 12.1 Å². The first-order valence-corrected chi connectivity index (χ1v) is 7.76. The zero-order valence-corrected chi connectivity index (χ0v) is 12.7. The fraction of sp³-hybridized carbons (Fsp3) is 0.0769. The molecular formula is C13H8BrF3O3S. The third kappa shape index (κ3) is 3.76. The molecule has 0 N–H and O–H groups in total. The third-order valence-electron chi connectivity index (χ3n) is 2.51. The van der Waals surface area contributed by atoms with E-state index in [9.17, 15) is 21.6 Å². The summed E-state index contributed by atoms with van der Waals surface area (Å²) in [5.41, 5.74) is -0.928. The molecule has 0 aliphatic carbocycles. The number of hydrogen-bond acceptors (Lipinski definition) is 3. The fourth-order valence-corrected chi connectivity index (χ4v) is 2.91. The van der Waals surface area contributed by atoms with Gasteiger partial charge in [-0.3, -0.25) is 0 Å². The summed E-state index contributed by atoms with van der Waals surface area (Å²) in [6.07, 6.45) is -4.52. The summed E-state index contributed by atoms with van der Waals surface area (Å²) in [6, 6.07) is 9.34. The first-order valence-electron chi connectivity index (χ1n) is 5.56. The average molecular weight is 381 g/mol. The van der Waals surface area contributed by atoms with Gasteiger partial charge in [0.25, 0.3) is 0 Å². The van der Waals surface area contributed by atoms with Crippen molar-refractivity contribution in [3.63, 3.8) is 0 Å². The van der Waals surface area contributed by atoms with Crippen molar-refractivity contribution in [1.82, 2.24) is 0 Å². The van der Waals surface area contributed by atoms with E-state index in [0.29, 0.717) is 16.6 Å². The average Bonchev–Trinajstić information content (AvgIpc) is 2.40. The molecule has 8 heteroatoms. The normalized spacial score (nSPS) is 12.2. The first kappa shape index (κ1) is 15.8. The Bertz CT molecular complexity index is 740. The predicted molar refractivity (Wildman–Crippen MR) is 73.4 cm³/mol. The molecule has 0 spiro atoms. The van der Waals surface area contributed by atoms with Crippen LogP contribution in [0.15, 0.2) is 57.9 Å². The lowest BCUT2D eigenvalue weighted by molar-refractivity contribution is -0.137. The Labute approximate surface area is 127 Å². The lowest BCUT2D eigenvalue weighted by atomic mass is 10.2. The maximum Gasteiger partial charge on any atom is 0.416 e. The molecule has 0 aliphatic heterocycles. The second-order valence-corrected chi connectivity index (χ2v) is 6.39. The van der Waals surface area contributed by atoms with Crippen LogP contribution in [0.4, 0.5) is 13.2 Å². The van der Waals surface area contributed by atoms with Gasteiger partial charge in [0.15, 0.2) is 5.75 Å². The summed E-state index contributed by atoms with van der Waals surface area (Å²) in [6.45, 7) is 0. The number of alkyl halides is 3. The van der Waals surface area contributed by atoms with E-state index in [1.165, 1.54) is 6.07 Å². The SMILES string of the molecule is O=S(=O)(Oc1ccccc1Br)c1ccc(C(F)(F)F)cc1. The Morgan fingerprint density at radius 1 is 0.952 bits per heavy atom. The molecule has 0 amide bonds. The van der Waals surface area contributed by atoms with Gasteiger partial charge in [0.05, 0.1) is 10.0 Å². The molecule has 0 unspecified atom stereocenters. The molecule has 112 valence electrons. The second-order valence-electron chi connectivity index (χ2n) is 3.99. The highest BCUT2D eigenvalue weighted by Crippen LogP contribution is 2.31. The van der Waals surface area contributed by atoms with Gasteiger partial charge in [0, 0.05) is 0 Å². The van der Waals surface area contributed by atoms with Gasteiger partial charge >= 0.3 is 16.3 Å². The Hall–Kier alpha value is -1.54. The molecule has 0 aromatic heterocycles. The van der Waals surface area contributed by atoms with Crippen LogP contribution in [-0.4, -0.2) is 8.42 Å². The third-order valence-corrected chi connectivity index (χ3v) is 4.41. The highest BCUT2D eigenvalue weighted by Gasteiger charge is 2.30. The lowest BCUT2D eigenvalue weighted by Crippen LogP contribution is -2.11. The summed E-state index contributed by atoms with van der Waals surface area (Å²) >= 11 is 3.12. The summed E-state index contributed by atoms with van der Waals surface area (Å²) in [4.78, 5) is -0.355. The second kappa shape index (κ2) is 5.69. The van der Waals surface area contributed by atoms with Crippen LogP contribution in [0.25, 0.3) is 0 Å². The van der Waals surface area contributed by atoms with Crippen LogP contribution in [0, 0.1) is 0 Å². The largest absolute Gasteiger partial charge is 0.416 e. The molecule has 0 heterocycles. The summed E-state index contributed by atoms with van der Waals surface area (Å²) in [7, 11) is -4.20. The van der Waals surface area contributed by atoms with Crippen LogP contribution in [0.5, 0.6) is 5.75 Å². The monoisotopic (exact) mass is 380 g/mol. The van der Waals surface area contributed by atoms with Crippen molar-refractivity contribution in [3.8, 4) is 5.75 Å². The first-order chi connectivity index (χ1) is 9.70. The highest BCUT2D eigenvalue weighted by molar-refractivity contribution is 9.10. The van der Waals surface area contributed by atoms with Crippen LogP contribution in [0.3, 0.4) is 0 Å².